The minimum atomic E-state index is -0.487. The van der Waals surface area contributed by atoms with Crippen LogP contribution in [0.3, 0.4) is 0 Å². The maximum atomic E-state index is 12.5. The first-order valence-electron chi connectivity index (χ1n) is 35.9. The standard InChI is InChI=1S/C24H34N4O3S.C23H33N3O4S.C19H26N2O2S.C6H10ClNO/c1-27(14-20(30)28-11-2-3-12-28)17-5-7-18(8-6-17)31-23-22-21-16(10-13-29)4-9-19(21)32-24(22)26-15-25-23;1-23(2,3)30-22(28)26(4)15-6-8-16(9-7-15)29-20-19-18-14(11-12-27)5-10-17(18)31-21(19)25-13-24-20;1-2-12-3-6-14(7-4-12)23-18-17-16-13(9-10-22)5-8-15(16)24-19(17)21-11-20-18;7-5-6(9)8-3-1-2-4-8/h15-18,29H,2-14H2,1H3;13-16,27H,5-12H2,1-4H3;11-14,22H,2-10H2,1H3;1-5H2/t16-,17?,18?;14-,15?,16?;12?,13-,14?;/m111./s1. The molecule has 2 aliphatic heterocycles. The number of aliphatic hydroxyl groups is 3. The number of nitrogens with zero attached hydrogens (tertiary/aromatic N) is 10. The summed E-state index contributed by atoms with van der Waals surface area (Å²) in [7, 11) is 3.91. The van der Waals surface area contributed by atoms with E-state index in [1.165, 1.54) is 50.6 Å². The second-order valence-corrected chi connectivity index (χ2v) is 32.2. The lowest BCUT2D eigenvalue weighted by molar-refractivity contribution is -0.131. The van der Waals surface area contributed by atoms with E-state index in [1.807, 2.05) is 37.6 Å². The Morgan fingerprint density at radius 1 is 0.531 bits per heavy atom. The Kier molecular flexibility index (Phi) is 25.4. The number of halogens is 1. The Morgan fingerprint density at radius 2 is 0.896 bits per heavy atom. The summed E-state index contributed by atoms with van der Waals surface area (Å²) >= 11 is 10.6. The summed E-state index contributed by atoms with van der Waals surface area (Å²) in [6, 6.07) is 0.602. The molecule has 24 heteroatoms. The molecule has 3 saturated carbocycles. The fraction of sp³-hybridized carbons (Fsp3) is 0.708. The van der Waals surface area contributed by atoms with Gasteiger partial charge >= 0.3 is 6.09 Å². The van der Waals surface area contributed by atoms with E-state index < -0.39 is 5.60 Å². The van der Waals surface area contributed by atoms with Gasteiger partial charge in [0, 0.05) is 79.8 Å². The van der Waals surface area contributed by atoms with Gasteiger partial charge in [-0.3, -0.25) is 14.5 Å². The van der Waals surface area contributed by atoms with Crippen LogP contribution < -0.4 is 14.2 Å². The number of amides is 3. The van der Waals surface area contributed by atoms with Gasteiger partial charge in [-0.25, -0.2) is 34.7 Å². The largest absolute Gasteiger partial charge is 0.474 e. The van der Waals surface area contributed by atoms with Crippen LogP contribution in [0.1, 0.15) is 224 Å². The summed E-state index contributed by atoms with van der Waals surface area (Å²) < 4.78 is 24.7. The number of rotatable bonds is 18. The predicted molar refractivity (Wildman–Crippen MR) is 380 cm³/mol. The number of thiophene rings is 3. The minimum Gasteiger partial charge on any atom is -0.474 e. The molecule has 0 spiro atoms. The van der Waals surface area contributed by atoms with Gasteiger partial charge < -0.3 is 49.0 Å². The molecule has 0 bridgehead atoms. The molecule has 3 atom stereocenters. The van der Waals surface area contributed by atoms with Gasteiger partial charge in [0.1, 0.15) is 63.3 Å². The molecule has 6 aliphatic carbocycles. The van der Waals surface area contributed by atoms with E-state index in [9.17, 15) is 29.7 Å². The van der Waals surface area contributed by atoms with Crippen LogP contribution in [-0.2, 0) is 33.6 Å². The number of hydrogen-bond acceptors (Lipinski definition) is 20. The average Bonchev–Trinajstić information content (AvgIpc) is 1.62. The Bertz CT molecular complexity index is 3530. The second-order valence-electron chi connectivity index (χ2n) is 28.7. The molecule has 6 aromatic heterocycles. The van der Waals surface area contributed by atoms with Crippen LogP contribution in [0.2, 0.25) is 0 Å². The summed E-state index contributed by atoms with van der Waals surface area (Å²) in [5, 5.41) is 31.6. The summed E-state index contributed by atoms with van der Waals surface area (Å²) in [4.78, 5) is 77.7. The first kappa shape index (κ1) is 72.1. The van der Waals surface area contributed by atoms with E-state index in [0.29, 0.717) is 42.3 Å². The maximum Gasteiger partial charge on any atom is 0.410 e. The van der Waals surface area contributed by atoms with Crippen molar-refractivity contribution in [2.75, 3.05) is 72.5 Å². The first-order valence-corrected chi connectivity index (χ1v) is 38.9. The van der Waals surface area contributed by atoms with E-state index in [2.05, 4.69) is 48.8 Å². The van der Waals surface area contributed by atoms with Crippen molar-refractivity contribution in [3.05, 3.63) is 50.3 Å². The van der Waals surface area contributed by atoms with Crippen LogP contribution in [0.5, 0.6) is 17.6 Å². The van der Waals surface area contributed by atoms with Crippen LogP contribution in [0.15, 0.2) is 19.0 Å². The number of ether oxygens (including phenoxy) is 4. The predicted octanol–water partition coefficient (Wildman–Crippen LogP) is 13.3. The molecular formula is C72H103ClN10O10S3. The van der Waals surface area contributed by atoms with Crippen molar-refractivity contribution in [1.82, 2.24) is 49.5 Å². The molecule has 0 radical (unpaired) electrons. The van der Waals surface area contributed by atoms with Gasteiger partial charge in [-0.15, -0.1) is 45.6 Å². The molecule has 20 nitrogen and oxygen atoms in total. The molecule has 8 aliphatic rings. The quantitative estimate of drug-likeness (QED) is 0.0678. The van der Waals surface area contributed by atoms with Crippen molar-refractivity contribution in [2.24, 2.45) is 5.92 Å². The molecule has 3 N–H and O–H groups in total. The van der Waals surface area contributed by atoms with Gasteiger partial charge in [0.05, 0.1) is 22.7 Å². The molecule has 526 valence electrons. The molecular weight excluding hydrogens is 1300 g/mol. The number of likely N-dealkylation sites (tertiary alicyclic amines) is 2. The monoisotopic (exact) mass is 1400 g/mol. The van der Waals surface area contributed by atoms with Crippen molar-refractivity contribution in [2.45, 2.75) is 248 Å². The molecule has 0 aromatic carbocycles. The number of carbonyl (C=O) groups excluding carboxylic acids is 3. The van der Waals surface area contributed by atoms with Crippen molar-refractivity contribution < 1.29 is 48.7 Å². The number of aliphatic hydroxyl groups excluding tert-OH is 3. The van der Waals surface area contributed by atoms with Crippen molar-refractivity contribution >= 4 is 94.2 Å². The highest BCUT2D eigenvalue weighted by atomic mass is 35.5. The van der Waals surface area contributed by atoms with E-state index in [-0.39, 0.29) is 61.9 Å². The lowest BCUT2D eigenvalue weighted by atomic mass is 9.86. The fourth-order valence-electron chi connectivity index (χ4n) is 16.0. The van der Waals surface area contributed by atoms with Crippen LogP contribution in [-0.4, -0.2) is 191 Å². The van der Waals surface area contributed by atoms with E-state index in [4.69, 9.17) is 30.5 Å². The van der Waals surface area contributed by atoms with E-state index >= 15 is 0 Å². The Morgan fingerprint density at radius 3 is 1.25 bits per heavy atom. The zero-order valence-corrected chi connectivity index (χ0v) is 60.7. The zero-order chi connectivity index (χ0) is 67.5. The SMILES string of the molecule is CCC1CCC(Oc2ncnc3sc4c(c23)[C@@H](CCO)CC4)CC1.CN(C(=O)OC(C)(C)C)C1CCC(Oc2ncnc3sc4c(c23)[C@@H](CCO)CC4)CC1.CN(CC(=O)N1CCCC1)C1CCC(Oc2ncnc3sc4c(c23)[C@@H](CCO)CC4)CC1.O=C(CCl)N1CCCC1. The third-order valence-corrected chi connectivity index (χ3v) is 25.0. The highest BCUT2D eigenvalue weighted by Gasteiger charge is 2.37. The fourth-order valence-corrected chi connectivity index (χ4v) is 19.8. The molecule has 6 aromatic rings. The molecule has 0 unspecified atom stereocenters. The lowest BCUT2D eigenvalue weighted by Crippen LogP contribution is -2.44. The highest BCUT2D eigenvalue weighted by molar-refractivity contribution is 7.19. The summed E-state index contributed by atoms with van der Waals surface area (Å²) in [6.45, 7) is 12.8. The summed E-state index contributed by atoms with van der Waals surface area (Å²) in [5.41, 5.74) is 3.49. The topological polar surface area (TPSA) is 239 Å². The third-order valence-electron chi connectivity index (χ3n) is 21.3. The molecule has 2 saturated heterocycles. The van der Waals surface area contributed by atoms with Crippen LogP contribution in [0.4, 0.5) is 4.79 Å². The van der Waals surface area contributed by atoms with Gasteiger partial charge in [-0.2, -0.15) is 0 Å². The molecule has 3 amide bonds. The van der Waals surface area contributed by atoms with Gasteiger partial charge in [-0.1, -0.05) is 13.3 Å². The van der Waals surface area contributed by atoms with Crippen molar-refractivity contribution in [3.8, 4) is 17.6 Å². The molecule has 8 heterocycles. The van der Waals surface area contributed by atoms with Crippen LogP contribution >= 0.6 is 45.6 Å². The summed E-state index contributed by atoms with van der Waals surface area (Å²) in [5.74, 6) is 4.72. The van der Waals surface area contributed by atoms with Crippen molar-refractivity contribution in [1.29, 1.82) is 0 Å². The first-order chi connectivity index (χ1) is 46.5. The number of fused-ring (bicyclic) bond motifs is 9. The van der Waals surface area contributed by atoms with Gasteiger partial charge in [0.25, 0.3) is 0 Å². The van der Waals surface area contributed by atoms with Crippen molar-refractivity contribution in [3.63, 3.8) is 0 Å². The molecule has 5 fully saturated rings. The lowest BCUT2D eigenvalue weighted by Gasteiger charge is -2.35. The Balaban J connectivity index is 0.000000138. The third kappa shape index (κ3) is 17.5. The number of aryl methyl sites for hydroxylation is 3. The Hall–Kier alpha value is -5.14. The van der Waals surface area contributed by atoms with Gasteiger partial charge in [0.2, 0.25) is 29.5 Å². The highest BCUT2D eigenvalue weighted by Crippen LogP contribution is 2.50. The number of likely N-dealkylation sites (N-methyl/N-ethyl adjacent to an activating group) is 1. The number of aromatic nitrogens is 6. The second kappa shape index (κ2) is 33.8. The molecule has 96 heavy (non-hydrogen) atoms. The average molecular weight is 1400 g/mol. The minimum absolute atomic E-state index is 0.0779. The normalized spacial score (nSPS) is 24.6. The van der Waals surface area contributed by atoms with Gasteiger partial charge in [-0.05, 0) is 229 Å². The number of carbonyl (C=O) groups is 3. The zero-order valence-electron chi connectivity index (χ0n) is 57.5. The summed E-state index contributed by atoms with van der Waals surface area (Å²) in [6.07, 6.45) is 32.2. The van der Waals surface area contributed by atoms with Crippen LogP contribution in [0, 0.1) is 5.92 Å². The van der Waals surface area contributed by atoms with Crippen LogP contribution in [0.25, 0.3) is 30.6 Å². The van der Waals surface area contributed by atoms with E-state index in [1.54, 1.807) is 57.9 Å². The van der Waals surface area contributed by atoms with Gasteiger partial charge in [0.15, 0.2) is 0 Å². The maximum absolute atomic E-state index is 12.5. The number of alkyl halides is 1. The Labute approximate surface area is 583 Å². The number of hydrogen-bond donors (Lipinski definition) is 3. The smallest absolute Gasteiger partial charge is 0.410 e. The van der Waals surface area contributed by atoms with E-state index in [0.717, 1.165) is 222 Å². The molecule has 14 rings (SSSR count).